The van der Waals surface area contributed by atoms with E-state index in [-0.39, 0.29) is 0 Å². The van der Waals surface area contributed by atoms with E-state index in [1.165, 1.54) is 11.1 Å². The fourth-order valence-electron chi connectivity index (χ4n) is 3.61. The summed E-state index contributed by atoms with van der Waals surface area (Å²) in [6, 6.07) is 11.1. The average molecular weight is 342 g/mol. The van der Waals surface area contributed by atoms with E-state index in [0.717, 1.165) is 38.4 Å². The Morgan fingerprint density at radius 2 is 1.68 bits per heavy atom. The summed E-state index contributed by atoms with van der Waals surface area (Å²) in [4.78, 5) is 4.78. The summed E-state index contributed by atoms with van der Waals surface area (Å²) >= 11 is 0. The molecule has 1 aromatic carbocycles. The fourth-order valence-corrected chi connectivity index (χ4v) is 3.61. The SMILES string of the molecule is C[C@@H]1CN(Cc2ccc(CN(C)Cc3ccn(C)n3)cc2)C[C@H](C)O1. The number of ether oxygens (including phenoxy) is 1. The van der Waals surface area contributed by atoms with Gasteiger partial charge in [-0.15, -0.1) is 0 Å². The van der Waals surface area contributed by atoms with Crippen LogP contribution in [0, 0.1) is 0 Å². The zero-order chi connectivity index (χ0) is 17.8. The van der Waals surface area contributed by atoms with Gasteiger partial charge in [0.2, 0.25) is 0 Å². The molecule has 1 saturated heterocycles. The fraction of sp³-hybridized carbons (Fsp3) is 0.550. The lowest BCUT2D eigenvalue weighted by atomic mass is 10.1. The minimum absolute atomic E-state index is 0.322. The van der Waals surface area contributed by atoms with E-state index in [4.69, 9.17) is 4.74 Å². The molecule has 0 spiro atoms. The standard InChI is InChI=1S/C20H30N4O/c1-16-11-24(12-17(2)25-16)14-19-7-5-18(6-8-19)13-22(3)15-20-9-10-23(4)21-20/h5-10,16-17H,11-15H2,1-4H3/t16-,17+. The number of aromatic nitrogens is 2. The second-order valence-electron chi connectivity index (χ2n) is 7.42. The molecule has 1 aliphatic heterocycles. The summed E-state index contributed by atoms with van der Waals surface area (Å²) in [7, 11) is 4.09. The summed E-state index contributed by atoms with van der Waals surface area (Å²) in [5, 5.41) is 4.44. The molecular formula is C20H30N4O. The van der Waals surface area contributed by atoms with Crippen LogP contribution in [0.4, 0.5) is 0 Å². The molecule has 0 N–H and O–H groups in total. The zero-order valence-electron chi connectivity index (χ0n) is 15.9. The first-order chi connectivity index (χ1) is 12.0. The van der Waals surface area contributed by atoms with Gasteiger partial charge in [-0.2, -0.15) is 5.10 Å². The van der Waals surface area contributed by atoms with Gasteiger partial charge in [0.25, 0.3) is 0 Å². The lowest BCUT2D eigenvalue weighted by molar-refractivity contribution is -0.0704. The highest BCUT2D eigenvalue weighted by atomic mass is 16.5. The van der Waals surface area contributed by atoms with Crippen LogP contribution in [0.2, 0.25) is 0 Å². The molecule has 1 fully saturated rings. The van der Waals surface area contributed by atoms with Crippen molar-refractivity contribution in [1.29, 1.82) is 0 Å². The van der Waals surface area contributed by atoms with Crippen molar-refractivity contribution in [2.24, 2.45) is 7.05 Å². The van der Waals surface area contributed by atoms with Gasteiger partial charge in [-0.1, -0.05) is 24.3 Å². The van der Waals surface area contributed by atoms with Gasteiger partial charge in [0, 0.05) is 46.0 Å². The van der Waals surface area contributed by atoms with Gasteiger partial charge >= 0.3 is 0 Å². The zero-order valence-corrected chi connectivity index (χ0v) is 15.9. The first kappa shape index (κ1) is 18.1. The monoisotopic (exact) mass is 342 g/mol. The number of benzene rings is 1. The smallest absolute Gasteiger partial charge is 0.0764 e. The Morgan fingerprint density at radius 1 is 1.04 bits per heavy atom. The summed E-state index contributed by atoms with van der Waals surface area (Å²) in [5.41, 5.74) is 3.82. The van der Waals surface area contributed by atoms with Crippen molar-refractivity contribution in [2.75, 3.05) is 20.1 Å². The molecule has 1 aromatic heterocycles. The van der Waals surface area contributed by atoms with Crippen LogP contribution in [0.25, 0.3) is 0 Å². The Balaban J connectivity index is 1.51. The van der Waals surface area contributed by atoms with Crippen LogP contribution >= 0.6 is 0 Å². The number of hydrogen-bond donors (Lipinski definition) is 0. The molecule has 5 heteroatoms. The van der Waals surface area contributed by atoms with E-state index in [1.54, 1.807) is 0 Å². The summed E-state index contributed by atoms with van der Waals surface area (Å²) in [6.07, 6.45) is 2.64. The van der Waals surface area contributed by atoms with Gasteiger partial charge in [-0.3, -0.25) is 14.5 Å². The van der Waals surface area contributed by atoms with Crippen molar-refractivity contribution in [1.82, 2.24) is 19.6 Å². The van der Waals surface area contributed by atoms with Crippen molar-refractivity contribution in [3.63, 3.8) is 0 Å². The van der Waals surface area contributed by atoms with Crippen LogP contribution in [-0.2, 0) is 31.4 Å². The summed E-state index contributed by atoms with van der Waals surface area (Å²) in [5.74, 6) is 0. The molecule has 0 bridgehead atoms. The molecule has 25 heavy (non-hydrogen) atoms. The lowest BCUT2D eigenvalue weighted by Crippen LogP contribution is -2.44. The topological polar surface area (TPSA) is 33.5 Å². The van der Waals surface area contributed by atoms with Gasteiger partial charge in [-0.25, -0.2) is 0 Å². The third-order valence-electron chi connectivity index (χ3n) is 4.58. The van der Waals surface area contributed by atoms with Crippen LogP contribution in [0.1, 0.15) is 30.7 Å². The number of rotatable bonds is 6. The largest absolute Gasteiger partial charge is 0.373 e. The van der Waals surface area contributed by atoms with Crippen molar-refractivity contribution in [3.05, 3.63) is 53.3 Å². The number of nitrogens with zero attached hydrogens (tertiary/aromatic N) is 4. The van der Waals surface area contributed by atoms with Gasteiger partial charge in [0.05, 0.1) is 17.9 Å². The maximum atomic E-state index is 5.81. The highest BCUT2D eigenvalue weighted by molar-refractivity contribution is 5.22. The first-order valence-electron chi connectivity index (χ1n) is 9.10. The molecule has 3 rings (SSSR count). The third-order valence-corrected chi connectivity index (χ3v) is 4.58. The van der Waals surface area contributed by atoms with Crippen LogP contribution in [-0.4, -0.2) is 51.9 Å². The van der Waals surface area contributed by atoms with Gasteiger partial charge < -0.3 is 4.74 Å². The normalized spacial score (nSPS) is 21.8. The number of aryl methyl sites for hydroxylation is 1. The highest BCUT2D eigenvalue weighted by Crippen LogP contribution is 2.15. The van der Waals surface area contributed by atoms with Crippen molar-refractivity contribution in [2.45, 2.75) is 45.7 Å². The van der Waals surface area contributed by atoms with Crippen molar-refractivity contribution in [3.8, 4) is 0 Å². The maximum absolute atomic E-state index is 5.81. The number of morpholine rings is 1. The highest BCUT2D eigenvalue weighted by Gasteiger charge is 2.21. The summed E-state index contributed by atoms with van der Waals surface area (Å²) < 4.78 is 7.67. The Hall–Kier alpha value is -1.69. The predicted molar refractivity (Wildman–Crippen MR) is 100 cm³/mol. The molecule has 0 amide bonds. The molecule has 5 nitrogen and oxygen atoms in total. The van der Waals surface area contributed by atoms with E-state index in [2.05, 4.69) is 66.1 Å². The van der Waals surface area contributed by atoms with E-state index >= 15 is 0 Å². The predicted octanol–water partition coefficient (Wildman–Crippen LogP) is 2.66. The quantitative estimate of drug-likeness (QED) is 0.808. The molecule has 0 radical (unpaired) electrons. The Morgan fingerprint density at radius 3 is 2.28 bits per heavy atom. The van der Waals surface area contributed by atoms with E-state index in [0.29, 0.717) is 12.2 Å². The molecule has 2 aromatic rings. The average Bonchev–Trinajstić information content (AvgIpc) is 2.93. The van der Waals surface area contributed by atoms with Crippen LogP contribution in [0.3, 0.4) is 0 Å². The Kier molecular flexibility index (Phi) is 5.89. The van der Waals surface area contributed by atoms with E-state index < -0.39 is 0 Å². The minimum atomic E-state index is 0.322. The van der Waals surface area contributed by atoms with E-state index in [1.807, 2.05) is 17.9 Å². The van der Waals surface area contributed by atoms with Gasteiger partial charge in [0.1, 0.15) is 0 Å². The van der Waals surface area contributed by atoms with E-state index in [9.17, 15) is 0 Å². The Labute approximate surface area is 151 Å². The van der Waals surface area contributed by atoms with Gasteiger partial charge in [-0.05, 0) is 38.1 Å². The molecule has 0 unspecified atom stereocenters. The molecule has 2 atom stereocenters. The molecule has 136 valence electrons. The molecular weight excluding hydrogens is 312 g/mol. The molecule has 0 aliphatic carbocycles. The molecule has 2 heterocycles. The second-order valence-corrected chi connectivity index (χ2v) is 7.42. The first-order valence-corrected chi connectivity index (χ1v) is 9.10. The van der Waals surface area contributed by atoms with Crippen molar-refractivity contribution >= 4 is 0 Å². The lowest BCUT2D eigenvalue weighted by Gasteiger charge is -2.35. The van der Waals surface area contributed by atoms with Crippen LogP contribution < -0.4 is 0 Å². The van der Waals surface area contributed by atoms with Crippen LogP contribution in [0.5, 0.6) is 0 Å². The molecule has 1 aliphatic rings. The molecule has 0 saturated carbocycles. The minimum Gasteiger partial charge on any atom is -0.373 e. The van der Waals surface area contributed by atoms with Crippen molar-refractivity contribution < 1.29 is 4.74 Å². The maximum Gasteiger partial charge on any atom is 0.0764 e. The van der Waals surface area contributed by atoms with Gasteiger partial charge in [0.15, 0.2) is 0 Å². The summed E-state index contributed by atoms with van der Waals surface area (Å²) in [6.45, 7) is 9.14. The Bertz CT molecular complexity index is 657. The second kappa shape index (κ2) is 8.13. The number of hydrogen-bond acceptors (Lipinski definition) is 4. The van der Waals surface area contributed by atoms with Crippen LogP contribution in [0.15, 0.2) is 36.5 Å². The third kappa shape index (κ3) is 5.39.